The number of piperidine rings is 1. The van der Waals surface area contributed by atoms with Crippen LogP contribution >= 0.6 is 26.8 Å². The number of nitrogens with zero attached hydrogens (tertiary/aromatic N) is 3. The molecule has 0 saturated carbocycles. The highest BCUT2D eigenvalue weighted by Crippen LogP contribution is 2.69. The topological polar surface area (TPSA) is 188 Å². The lowest BCUT2D eigenvalue weighted by Crippen LogP contribution is -2.49. The van der Waals surface area contributed by atoms with Gasteiger partial charge in [0.1, 0.15) is 0 Å². The molecule has 1 aliphatic rings. The third-order valence-electron chi connectivity index (χ3n) is 4.23. The van der Waals surface area contributed by atoms with E-state index in [0.717, 1.165) is 0 Å². The zero-order chi connectivity index (χ0) is 20.2. The van der Waals surface area contributed by atoms with Gasteiger partial charge in [-0.1, -0.05) is 0 Å². The summed E-state index contributed by atoms with van der Waals surface area (Å²) in [6.45, 7) is 0.0874. The van der Waals surface area contributed by atoms with Gasteiger partial charge in [0.25, 0.3) is 5.08 Å². The highest BCUT2D eigenvalue weighted by Gasteiger charge is 2.59. The van der Waals surface area contributed by atoms with Crippen LogP contribution < -0.4 is 0 Å². The summed E-state index contributed by atoms with van der Waals surface area (Å²) in [5, 5.41) is 9.60. The third-order valence-corrected chi connectivity index (χ3v) is 8.28. The van der Waals surface area contributed by atoms with Crippen LogP contribution in [-0.2, 0) is 9.13 Å². The summed E-state index contributed by atoms with van der Waals surface area (Å²) >= 11 is 5.50. The second kappa shape index (κ2) is 9.07. The highest BCUT2D eigenvalue weighted by molar-refractivity contribution is 7.72. The fraction of sp³-hybridized carbons (Fsp3) is 0.909. The number of likely N-dealkylation sites (tertiary alicyclic amines) is 1. The van der Waals surface area contributed by atoms with Gasteiger partial charge in [0.05, 0.1) is 11.8 Å². The second-order valence-electron chi connectivity index (χ2n) is 5.92. The average molecular weight is 438 g/mol. The van der Waals surface area contributed by atoms with Gasteiger partial charge in [-0.25, -0.2) is 4.79 Å². The maximum atomic E-state index is 12.4. The Bertz CT molecular complexity index is 588. The Morgan fingerprint density at radius 1 is 1.23 bits per heavy atom. The Balaban J connectivity index is 2.98. The molecule has 0 aliphatic carbocycles. The predicted molar refractivity (Wildman–Crippen MR) is 91.2 cm³/mol. The molecule has 0 spiro atoms. The number of urea groups is 1. The SMILES string of the molecule is O=NN(CCCl)C(=O)N1CCCCC1CCC(O)(P(=O)(O)O)P(=O)(O)O. The summed E-state index contributed by atoms with van der Waals surface area (Å²) in [5.74, 6) is -0.0356. The summed E-state index contributed by atoms with van der Waals surface area (Å²) in [6, 6.07) is -1.44. The lowest BCUT2D eigenvalue weighted by molar-refractivity contribution is 0.0893. The van der Waals surface area contributed by atoms with E-state index in [9.17, 15) is 43.5 Å². The number of aliphatic hydroxyl groups is 1. The first-order valence-corrected chi connectivity index (χ1v) is 11.5. The van der Waals surface area contributed by atoms with Crippen molar-refractivity contribution in [2.24, 2.45) is 5.29 Å². The molecule has 1 atom stereocenters. The van der Waals surface area contributed by atoms with Gasteiger partial charge in [0.2, 0.25) is 0 Å². The van der Waals surface area contributed by atoms with Gasteiger partial charge in [0.15, 0.2) is 0 Å². The fourth-order valence-electron chi connectivity index (χ4n) is 2.77. The van der Waals surface area contributed by atoms with Gasteiger partial charge in [-0.05, 0) is 25.7 Å². The molecular weight excluding hydrogens is 416 g/mol. The molecule has 1 saturated heterocycles. The number of amides is 2. The Hall–Kier alpha value is -0.580. The first kappa shape index (κ1) is 23.5. The zero-order valence-electron chi connectivity index (χ0n) is 13.7. The minimum absolute atomic E-state index is 0.0356. The number of halogens is 1. The molecule has 0 radical (unpaired) electrons. The van der Waals surface area contributed by atoms with Crippen LogP contribution in [0.2, 0.25) is 0 Å². The van der Waals surface area contributed by atoms with Crippen LogP contribution in [0, 0.1) is 4.91 Å². The van der Waals surface area contributed by atoms with E-state index in [1.807, 2.05) is 0 Å². The Morgan fingerprint density at radius 3 is 2.27 bits per heavy atom. The van der Waals surface area contributed by atoms with E-state index in [2.05, 4.69) is 5.29 Å². The molecule has 1 unspecified atom stereocenters. The number of rotatable bonds is 8. The maximum absolute atomic E-state index is 12.4. The van der Waals surface area contributed by atoms with Crippen molar-refractivity contribution in [2.75, 3.05) is 19.0 Å². The lowest BCUT2D eigenvalue weighted by atomic mass is 9.98. The minimum Gasteiger partial charge on any atom is -0.368 e. The highest BCUT2D eigenvalue weighted by atomic mass is 35.5. The molecule has 1 rings (SSSR count). The smallest absolute Gasteiger partial charge is 0.368 e. The van der Waals surface area contributed by atoms with Crippen molar-refractivity contribution < 1.29 is 38.6 Å². The molecular formula is C11H22ClN3O9P2. The van der Waals surface area contributed by atoms with Crippen molar-refractivity contribution in [3.05, 3.63) is 4.91 Å². The Kier molecular flexibility index (Phi) is 8.19. The van der Waals surface area contributed by atoms with Crippen LogP contribution in [-0.4, -0.2) is 70.7 Å². The number of hydrogen-bond acceptors (Lipinski definition) is 6. The Labute approximate surface area is 154 Å². The van der Waals surface area contributed by atoms with Crippen LogP contribution in [0.1, 0.15) is 32.1 Å². The molecule has 0 aromatic carbocycles. The quantitative estimate of drug-likeness (QED) is 0.159. The lowest BCUT2D eigenvalue weighted by Gasteiger charge is -2.38. The first-order valence-electron chi connectivity index (χ1n) is 7.70. The molecule has 5 N–H and O–H groups in total. The Morgan fingerprint density at radius 2 is 1.81 bits per heavy atom. The molecule has 26 heavy (non-hydrogen) atoms. The third kappa shape index (κ3) is 5.24. The number of hydrogen-bond donors (Lipinski definition) is 5. The van der Waals surface area contributed by atoms with Crippen molar-refractivity contribution in [2.45, 2.75) is 43.2 Å². The van der Waals surface area contributed by atoms with E-state index in [-0.39, 0.29) is 25.4 Å². The second-order valence-corrected chi connectivity index (χ2v) is 10.3. The van der Waals surface area contributed by atoms with E-state index in [4.69, 9.17) is 11.6 Å². The van der Waals surface area contributed by atoms with Crippen molar-refractivity contribution in [3.8, 4) is 0 Å². The van der Waals surface area contributed by atoms with Crippen LogP contribution in [0.4, 0.5) is 4.79 Å². The first-order chi connectivity index (χ1) is 11.9. The molecule has 0 bridgehead atoms. The number of carbonyl (C=O) groups excluding carboxylic acids is 1. The van der Waals surface area contributed by atoms with E-state index in [1.165, 1.54) is 4.90 Å². The van der Waals surface area contributed by atoms with Gasteiger partial charge in [-0.3, -0.25) is 9.13 Å². The molecule has 0 aromatic heterocycles. The molecule has 152 valence electrons. The van der Waals surface area contributed by atoms with Gasteiger partial charge in [-0.2, -0.15) is 5.01 Å². The van der Waals surface area contributed by atoms with Gasteiger partial charge >= 0.3 is 21.2 Å². The normalized spacial score (nSPS) is 19.3. The molecule has 15 heteroatoms. The largest absolute Gasteiger partial charge is 0.369 e. The van der Waals surface area contributed by atoms with Crippen LogP contribution in [0.25, 0.3) is 0 Å². The number of carbonyl (C=O) groups is 1. The van der Waals surface area contributed by atoms with E-state index in [0.29, 0.717) is 24.3 Å². The zero-order valence-corrected chi connectivity index (χ0v) is 16.3. The van der Waals surface area contributed by atoms with Gasteiger partial charge in [0, 0.05) is 24.9 Å². The fourth-order valence-corrected chi connectivity index (χ4v) is 5.13. The predicted octanol–water partition coefficient (Wildman–Crippen LogP) is 0.965. The number of alkyl halides is 1. The molecule has 1 aliphatic heterocycles. The van der Waals surface area contributed by atoms with Crippen LogP contribution in [0.3, 0.4) is 0 Å². The average Bonchev–Trinajstić information content (AvgIpc) is 2.55. The van der Waals surface area contributed by atoms with Crippen molar-refractivity contribution in [3.63, 3.8) is 0 Å². The van der Waals surface area contributed by atoms with Gasteiger partial charge < -0.3 is 29.6 Å². The summed E-state index contributed by atoms with van der Waals surface area (Å²) in [6.07, 6.45) is 0.420. The van der Waals surface area contributed by atoms with E-state index in [1.54, 1.807) is 0 Å². The molecule has 1 fully saturated rings. The monoisotopic (exact) mass is 437 g/mol. The summed E-state index contributed by atoms with van der Waals surface area (Å²) in [7, 11) is -11.1. The number of nitroso groups, excluding NO2 is 1. The molecule has 1 heterocycles. The van der Waals surface area contributed by atoms with Crippen molar-refractivity contribution >= 4 is 32.8 Å². The molecule has 12 nitrogen and oxygen atoms in total. The van der Waals surface area contributed by atoms with Gasteiger partial charge in [-0.15, -0.1) is 16.5 Å². The minimum atomic E-state index is -5.56. The van der Waals surface area contributed by atoms with Crippen molar-refractivity contribution in [1.82, 2.24) is 9.91 Å². The summed E-state index contributed by atoms with van der Waals surface area (Å²) < 4.78 is 22.8. The van der Waals surface area contributed by atoms with E-state index >= 15 is 0 Å². The molecule has 0 aromatic rings. The standard InChI is InChI=1S/C11H22ClN3O9P2/c12-6-8-15(13-18)10(16)14-7-2-1-3-9(14)4-5-11(17,25(19,20)21)26(22,23)24/h9,17H,1-8H2,(H2,19,20,21)(H2,22,23,24). The summed E-state index contributed by atoms with van der Waals surface area (Å²) in [5.41, 5.74) is 0. The maximum Gasteiger partial charge on any atom is 0.369 e. The summed E-state index contributed by atoms with van der Waals surface area (Å²) in [4.78, 5) is 61.1. The molecule has 2 amide bonds. The van der Waals surface area contributed by atoms with Crippen LogP contribution in [0.5, 0.6) is 0 Å². The van der Waals surface area contributed by atoms with E-state index < -0.39 is 38.8 Å². The van der Waals surface area contributed by atoms with Crippen LogP contribution in [0.15, 0.2) is 5.29 Å². The van der Waals surface area contributed by atoms with Crippen molar-refractivity contribution in [1.29, 1.82) is 0 Å².